The lowest BCUT2D eigenvalue weighted by atomic mass is 10.3. The number of aryl methyl sites for hydroxylation is 1. The Balaban J connectivity index is 2.45. The quantitative estimate of drug-likeness (QED) is 0.640. The van der Waals surface area contributed by atoms with Crippen molar-refractivity contribution in [3.8, 4) is 5.69 Å². The second-order valence-corrected chi connectivity index (χ2v) is 5.03. The van der Waals surface area contributed by atoms with Gasteiger partial charge >= 0.3 is 5.97 Å². The molecule has 2 aromatic rings. The molecule has 1 aromatic heterocycles. The van der Waals surface area contributed by atoms with Crippen LogP contribution in [0, 0.1) is 6.92 Å². The lowest BCUT2D eigenvalue weighted by Gasteiger charge is -2.11. The predicted molar refractivity (Wildman–Crippen MR) is 80.6 cm³/mol. The fourth-order valence-electron chi connectivity index (χ4n) is 1.73. The van der Waals surface area contributed by atoms with Crippen molar-refractivity contribution in [2.45, 2.75) is 6.92 Å². The van der Waals surface area contributed by atoms with E-state index in [0.29, 0.717) is 16.4 Å². The molecule has 0 fully saturated rings. The number of benzene rings is 1. The predicted octanol–water partition coefficient (Wildman–Crippen LogP) is 2.59. The molecule has 21 heavy (non-hydrogen) atoms. The second kappa shape index (κ2) is 6.74. The minimum absolute atomic E-state index is 0.0241. The van der Waals surface area contributed by atoms with Gasteiger partial charge in [-0.2, -0.15) is 5.10 Å². The Hall–Kier alpha value is -1.85. The van der Waals surface area contributed by atoms with Crippen LogP contribution in [0.25, 0.3) is 5.69 Å². The van der Waals surface area contributed by atoms with Crippen LogP contribution in [-0.4, -0.2) is 28.2 Å². The lowest BCUT2D eigenvalue weighted by Crippen LogP contribution is -2.24. The van der Waals surface area contributed by atoms with Gasteiger partial charge in [-0.25, -0.2) is 9.48 Å². The summed E-state index contributed by atoms with van der Waals surface area (Å²) in [5.41, 5.74) is 0.512. The maximum atomic E-state index is 11.9. The molecule has 0 spiro atoms. The molecule has 5 nitrogen and oxygen atoms in total. The molecule has 7 heteroatoms. The average Bonchev–Trinajstić information content (AvgIpc) is 2.46. The van der Waals surface area contributed by atoms with E-state index in [1.807, 2.05) is 0 Å². The summed E-state index contributed by atoms with van der Waals surface area (Å²) < 4.78 is 6.32. The zero-order chi connectivity index (χ0) is 15.4. The standard InChI is InChI=1S/C14H12Cl2N2O3/c1-9-8-12(19)13(14(20)21-7-6-15)17-18(9)11-4-2-10(16)3-5-11/h2-5,8H,6-7H2,1H3. The Morgan fingerprint density at radius 2 is 2.00 bits per heavy atom. The van der Waals surface area contributed by atoms with Crippen molar-refractivity contribution in [3.63, 3.8) is 0 Å². The zero-order valence-electron chi connectivity index (χ0n) is 11.2. The Morgan fingerprint density at radius 3 is 2.62 bits per heavy atom. The highest BCUT2D eigenvalue weighted by Crippen LogP contribution is 2.13. The van der Waals surface area contributed by atoms with E-state index in [9.17, 15) is 9.59 Å². The van der Waals surface area contributed by atoms with E-state index in [2.05, 4.69) is 5.10 Å². The fourth-order valence-corrected chi connectivity index (χ4v) is 1.94. The number of carbonyl (C=O) groups is 1. The van der Waals surface area contributed by atoms with E-state index < -0.39 is 11.4 Å². The zero-order valence-corrected chi connectivity index (χ0v) is 12.7. The topological polar surface area (TPSA) is 61.2 Å². The van der Waals surface area contributed by atoms with E-state index in [1.54, 1.807) is 31.2 Å². The van der Waals surface area contributed by atoms with Crippen LogP contribution in [0.3, 0.4) is 0 Å². The number of halogens is 2. The van der Waals surface area contributed by atoms with Gasteiger partial charge in [-0.15, -0.1) is 11.6 Å². The van der Waals surface area contributed by atoms with Crippen LogP contribution in [0.2, 0.25) is 5.02 Å². The van der Waals surface area contributed by atoms with Crippen LogP contribution in [0.4, 0.5) is 0 Å². The van der Waals surface area contributed by atoms with Crippen molar-refractivity contribution in [2.75, 3.05) is 12.5 Å². The minimum atomic E-state index is -0.789. The number of aromatic nitrogens is 2. The van der Waals surface area contributed by atoms with Gasteiger partial charge in [0, 0.05) is 16.8 Å². The molecule has 0 saturated carbocycles. The summed E-state index contributed by atoms with van der Waals surface area (Å²) in [7, 11) is 0. The van der Waals surface area contributed by atoms with Gasteiger partial charge < -0.3 is 4.74 Å². The minimum Gasteiger partial charge on any atom is -0.460 e. The first-order valence-electron chi connectivity index (χ1n) is 6.13. The van der Waals surface area contributed by atoms with E-state index in [-0.39, 0.29) is 18.2 Å². The second-order valence-electron chi connectivity index (χ2n) is 4.21. The molecule has 0 unspecified atom stereocenters. The molecule has 1 heterocycles. The molecule has 0 aliphatic heterocycles. The van der Waals surface area contributed by atoms with Gasteiger partial charge in [0.25, 0.3) is 0 Å². The monoisotopic (exact) mass is 326 g/mol. The molecular formula is C14H12Cl2N2O3. The van der Waals surface area contributed by atoms with E-state index >= 15 is 0 Å². The molecule has 0 N–H and O–H groups in total. The molecule has 1 aromatic carbocycles. The van der Waals surface area contributed by atoms with Crippen molar-refractivity contribution in [2.24, 2.45) is 0 Å². The summed E-state index contributed by atoms with van der Waals surface area (Å²) >= 11 is 11.3. The first kappa shape index (κ1) is 15.5. The van der Waals surface area contributed by atoms with Crippen LogP contribution < -0.4 is 5.43 Å². The Labute approximate surface area is 131 Å². The van der Waals surface area contributed by atoms with Crippen LogP contribution in [0.5, 0.6) is 0 Å². The number of hydrogen-bond donors (Lipinski definition) is 0. The van der Waals surface area contributed by atoms with Gasteiger partial charge in [-0.3, -0.25) is 4.79 Å². The molecule has 0 atom stereocenters. The van der Waals surface area contributed by atoms with Crippen molar-refractivity contribution < 1.29 is 9.53 Å². The first-order valence-corrected chi connectivity index (χ1v) is 7.04. The number of esters is 1. The molecule has 110 valence electrons. The van der Waals surface area contributed by atoms with Crippen LogP contribution >= 0.6 is 23.2 Å². The Morgan fingerprint density at radius 1 is 1.33 bits per heavy atom. The van der Waals surface area contributed by atoms with Crippen LogP contribution in [0.1, 0.15) is 16.2 Å². The highest BCUT2D eigenvalue weighted by atomic mass is 35.5. The third-order valence-electron chi connectivity index (χ3n) is 2.68. The summed E-state index contributed by atoms with van der Waals surface area (Å²) in [5.74, 6) is -0.633. The van der Waals surface area contributed by atoms with Gasteiger partial charge in [-0.1, -0.05) is 11.6 Å². The van der Waals surface area contributed by atoms with Gasteiger partial charge in [0.05, 0.1) is 11.6 Å². The third kappa shape index (κ3) is 3.62. The number of ether oxygens (including phenoxy) is 1. The Bertz CT molecular complexity index is 711. The smallest absolute Gasteiger partial charge is 0.362 e. The first-order chi connectivity index (χ1) is 10.0. The summed E-state index contributed by atoms with van der Waals surface area (Å²) in [6.45, 7) is 1.74. The average molecular weight is 327 g/mol. The number of rotatable bonds is 4. The lowest BCUT2D eigenvalue weighted by molar-refractivity contribution is 0.0518. The number of alkyl halides is 1. The van der Waals surface area contributed by atoms with Gasteiger partial charge in [0.15, 0.2) is 0 Å². The third-order valence-corrected chi connectivity index (χ3v) is 3.09. The SMILES string of the molecule is Cc1cc(=O)c(C(=O)OCCCl)nn1-c1ccc(Cl)cc1. The normalized spacial score (nSPS) is 10.4. The molecule has 2 rings (SSSR count). The molecule has 0 bridgehead atoms. The molecule has 0 saturated heterocycles. The van der Waals surface area contributed by atoms with Crippen molar-refractivity contribution >= 4 is 29.2 Å². The Kier molecular flexibility index (Phi) is 4.98. The summed E-state index contributed by atoms with van der Waals surface area (Å²) in [5, 5.41) is 4.65. The number of nitrogens with zero attached hydrogens (tertiary/aromatic N) is 2. The van der Waals surface area contributed by atoms with Gasteiger partial charge in [-0.05, 0) is 31.2 Å². The highest BCUT2D eigenvalue weighted by molar-refractivity contribution is 6.30. The summed E-state index contributed by atoms with van der Waals surface area (Å²) in [6, 6.07) is 8.20. The molecule has 0 radical (unpaired) electrons. The van der Waals surface area contributed by atoms with E-state index in [4.69, 9.17) is 27.9 Å². The van der Waals surface area contributed by atoms with Crippen molar-refractivity contribution in [3.05, 3.63) is 57.0 Å². The van der Waals surface area contributed by atoms with E-state index in [0.717, 1.165) is 0 Å². The number of hydrogen-bond acceptors (Lipinski definition) is 4. The molecule has 0 amide bonds. The largest absolute Gasteiger partial charge is 0.460 e. The van der Waals surface area contributed by atoms with Gasteiger partial charge in [0.2, 0.25) is 11.1 Å². The van der Waals surface area contributed by atoms with Gasteiger partial charge in [0.1, 0.15) is 6.61 Å². The maximum Gasteiger partial charge on any atom is 0.362 e. The highest BCUT2D eigenvalue weighted by Gasteiger charge is 2.16. The molecule has 0 aliphatic rings. The summed E-state index contributed by atoms with van der Waals surface area (Å²) in [6.07, 6.45) is 0. The maximum absolute atomic E-state index is 11.9. The van der Waals surface area contributed by atoms with Crippen LogP contribution in [-0.2, 0) is 4.74 Å². The van der Waals surface area contributed by atoms with Crippen LogP contribution in [0.15, 0.2) is 35.1 Å². The van der Waals surface area contributed by atoms with Crippen molar-refractivity contribution in [1.29, 1.82) is 0 Å². The van der Waals surface area contributed by atoms with Crippen molar-refractivity contribution in [1.82, 2.24) is 9.78 Å². The molecule has 0 aliphatic carbocycles. The van der Waals surface area contributed by atoms with E-state index in [1.165, 1.54) is 10.7 Å². The molecular weight excluding hydrogens is 315 g/mol. The number of carbonyl (C=O) groups excluding carboxylic acids is 1. The fraction of sp³-hybridized carbons (Fsp3) is 0.214. The summed E-state index contributed by atoms with van der Waals surface area (Å²) in [4.78, 5) is 23.6.